The molecule has 1 amide bonds. The van der Waals surface area contributed by atoms with Crippen molar-refractivity contribution in [1.29, 1.82) is 0 Å². The Morgan fingerprint density at radius 1 is 1.06 bits per heavy atom. The molecular formula is C27H28N4O2S. The highest BCUT2D eigenvalue weighted by molar-refractivity contribution is 7.99. The van der Waals surface area contributed by atoms with Gasteiger partial charge in [0.25, 0.3) is 0 Å². The maximum atomic E-state index is 13.3. The lowest BCUT2D eigenvalue weighted by Crippen LogP contribution is -2.34. The number of furan rings is 1. The van der Waals surface area contributed by atoms with Crippen LogP contribution in [0.25, 0.3) is 11.4 Å². The lowest BCUT2D eigenvalue weighted by atomic mass is 10.1. The van der Waals surface area contributed by atoms with Crippen LogP contribution in [0.3, 0.4) is 0 Å². The van der Waals surface area contributed by atoms with Crippen molar-refractivity contribution in [3.8, 4) is 11.4 Å². The molecule has 34 heavy (non-hydrogen) atoms. The molecule has 4 aromatic rings. The van der Waals surface area contributed by atoms with Crippen LogP contribution in [0.1, 0.15) is 35.3 Å². The first kappa shape index (κ1) is 22.5. The highest BCUT2D eigenvalue weighted by atomic mass is 32.2. The molecule has 6 nitrogen and oxygen atoms in total. The van der Waals surface area contributed by atoms with Gasteiger partial charge >= 0.3 is 0 Å². The quantitative estimate of drug-likeness (QED) is 0.302. The Morgan fingerprint density at radius 3 is 2.56 bits per heavy atom. The van der Waals surface area contributed by atoms with Crippen molar-refractivity contribution < 1.29 is 9.21 Å². The summed E-state index contributed by atoms with van der Waals surface area (Å²) in [6, 6.07) is 20.7. The first-order chi connectivity index (χ1) is 16.6. The van der Waals surface area contributed by atoms with Crippen LogP contribution in [0.4, 0.5) is 0 Å². The highest BCUT2D eigenvalue weighted by Crippen LogP contribution is 2.31. The van der Waals surface area contributed by atoms with E-state index in [1.54, 1.807) is 6.26 Å². The number of benzene rings is 2. The third kappa shape index (κ3) is 5.09. The first-order valence-corrected chi connectivity index (χ1v) is 12.6. The van der Waals surface area contributed by atoms with Crippen molar-refractivity contribution in [2.45, 2.75) is 51.0 Å². The lowest BCUT2D eigenvalue weighted by Gasteiger charge is -2.22. The summed E-state index contributed by atoms with van der Waals surface area (Å²) >= 11 is 1.44. The van der Waals surface area contributed by atoms with Gasteiger partial charge in [0, 0.05) is 18.2 Å². The third-order valence-corrected chi connectivity index (χ3v) is 7.05. The lowest BCUT2D eigenvalue weighted by molar-refractivity contribution is -0.129. The SMILES string of the molecule is Cc1ccc(CN(C(=O)CSc2nnc(-c3ccccc3C)n2Cc2ccco2)C2CC2)cc1. The summed E-state index contributed by atoms with van der Waals surface area (Å²) in [7, 11) is 0. The fourth-order valence-corrected chi connectivity index (χ4v) is 4.85. The minimum Gasteiger partial charge on any atom is -0.467 e. The molecule has 174 valence electrons. The van der Waals surface area contributed by atoms with Crippen molar-refractivity contribution in [1.82, 2.24) is 19.7 Å². The Kier molecular flexibility index (Phi) is 6.54. The summed E-state index contributed by atoms with van der Waals surface area (Å²) in [6.45, 7) is 5.30. The standard InChI is InChI=1S/C27H28N4O2S/c1-19-9-11-21(12-10-19)16-30(22-13-14-22)25(32)18-34-27-29-28-26(24-8-4-3-6-20(24)2)31(27)17-23-7-5-15-33-23/h3-12,15,22H,13-14,16-18H2,1-2H3. The number of nitrogens with zero attached hydrogens (tertiary/aromatic N) is 4. The molecular weight excluding hydrogens is 444 g/mol. The first-order valence-electron chi connectivity index (χ1n) is 11.6. The average Bonchev–Trinajstić information content (AvgIpc) is 3.41. The van der Waals surface area contributed by atoms with E-state index in [0.29, 0.717) is 30.0 Å². The monoisotopic (exact) mass is 472 g/mol. The van der Waals surface area contributed by atoms with Gasteiger partial charge in [-0.15, -0.1) is 10.2 Å². The molecule has 0 N–H and O–H groups in total. The van der Waals surface area contributed by atoms with Gasteiger partial charge in [0.15, 0.2) is 11.0 Å². The van der Waals surface area contributed by atoms with Gasteiger partial charge in [0.05, 0.1) is 18.6 Å². The Hall–Kier alpha value is -3.32. The van der Waals surface area contributed by atoms with Crippen molar-refractivity contribution >= 4 is 17.7 Å². The predicted octanol–water partition coefficient (Wildman–Crippen LogP) is 5.49. The van der Waals surface area contributed by atoms with E-state index in [2.05, 4.69) is 54.4 Å². The van der Waals surface area contributed by atoms with Gasteiger partial charge in [-0.1, -0.05) is 65.9 Å². The summed E-state index contributed by atoms with van der Waals surface area (Å²) in [5, 5.41) is 9.68. The van der Waals surface area contributed by atoms with Gasteiger partial charge < -0.3 is 9.32 Å². The molecule has 0 atom stereocenters. The second kappa shape index (κ2) is 9.89. The van der Waals surface area contributed by atoms with Crippen LogP contribution in [-0.4, -0.2) is 37.4 Å². The zero-order valence-electron chi connectivity index (χ0n) is 19.5. The molecule has 0 saturated heterocycles. The fraction of sp³-hybridized carbons (Fsp3) is 0.296. The van der Waals surface area contributed by atoms with Gasteiger partial charge in [-0.25, -0.2) is 0 Å². The molecule has 7 heteroatoms. The second-order valence-corrected chi connectivity index (χ2v) is 9.76. The molecule has 1 aliphatic carbocycles. The Balaban J connectivity index is 1.35. The number of rotatable bonds is 9. The van der Waals surface area contributed by atoms with Crippen molar-refractivity contribution in [2.75, 3.05) is 5.75 Å². The Bertz CT molecular complexity index is 1260. The van der Waals surface area contributed by atoms with Gasteiger partial charge in [0.2, 0.25) is 5.91 Å². The smallest absolute Gasteiger partial charge is 0.233 e. The normalized spacial score (nSPS) is 13.2. The number of aromatic nitrogens is 3. The van der Waals surface area contributed by atoms with Gasteiger partial charge in [-0.3, -0.25) is 9.36 Å². The fourth-order valence-electron chi connectivity index (χ4n) is 4.03. The second-order valence-electron chi connectivity index (χ2n) is 8.81. The predicted molar refractivity (Wildman–Crippen MR) is 133 cm³/mol. The molecule has 2 aromatic heterocycles. The zero-order chi connectivity index (χ0) is 23.5. The number of amides is 1. The average molecular weight is 473 g/mol. The van der Waals surface area contributed by atoms with E-state index in [-0.39, 0.29) is 5.91 Å². The molecule has 0 radical (unpaired) electrons. The molecule has 1 aliphatic rings. The number of carbonyl (C=O) groups excluding carboxylic acids is 1. The highest BCUT2D eigenvalue weighted by Gasteiger charge is 2.32. The number of hydrogen-bond donors (Lipinski definition) is 0. The topological polar surface area (TPSA) is 64.2 Å². The van der Waals surface area contributed by atoms with Crippen LogP contribution in [0.15, 0.2) is 76.5 Å². The molecule has 0 spiro atoms. The molecule has 5 rings (SSSR count). The zero-order valence-corrected chi connectivity index (χ0v) is 20.3. The summed E-state index contributed by atoms with van der Waals surface area (Å²) in [6.07, 6.45) is 3.82. The summed E-state index contributed by atoms with van der Waals surface area (Å²) < 4.78 is 7.64. The maximum absolute atomic E-state index is 13.3. The van der Waals surface area contributed by atoms with E-state index < -0.39 is 0 Å². The van der Waals surface area contributed by atoms with Crippen molar-refractivity contribution in [3.05, 3.63) is 89.4 Å². The van der Waals surface area contributed by atoms with Crippen molar-refractivity contribution in [2.24, 2.45) is 0 Å². The minimum absolute atomic E-state index is 0.137. The maximum Gasteiger partial charge on any atom is 0.233 e. The molecule has 0 bridgehead atoms. The minimum atomic E-state index is 0.137. The summed E-state index contributed by atoms with van der Waals surface area (Å²) in [5.41, 5.74) is 4.54. The van der Waals surface area contributed by atoms with Gasteiger partial charge in [0.1, 0.15) is 5.76 Å². The molecule has 0 aliphatic heterocycles. The summed E-state index contributed by atoms with van der Waals surface area (Å²) in [5.74, 6) is 2.06. The van der Waals surface area contributed by atoms with E-state index in [9.17, 15) is 4.79 Å². The van der Waals surface area contributed by atoms with E-state index in [1.807, 2.05) is 39.8 Å². The van der Waals surface area contributed by atoms with Crippen LogP contribution >= 0.6 is 11.8 Å². The molecule has 2 heterocycles. The van der Waals surface area contributed by atoms with Crippen molar-refractivity contribution in [3.63, 3.8) is 0 Å². The molecule has 2 aromatic carbocycles. The van der Waals surface area contributed by atoms with Gasteiger partial charge in [-0.05, 0) is 49.9 Å². The van der Waals surface area contributed by atoms with E-state index in [1.165, 1.54) is 22.9 Å². The van der Waals surface area contributed by atoms with E-state index >= 15 is 0 Å². The van der Waals surface area contributed by atoms with Crippen LogP contribution in [0.5, 0.6) is 0 Å². The number of thioether (sulfide) groups is 1. The third-order valence-electron chi connectivity index (χ3n) is 6.10. The van der Waals surface area contributed by atoms with E-state index in [0.717, 1.165) is 35.6 Å². The number of aryl methyl sites for hydroxylation is 2. The molecule has 1 saturated carbocycles. The number of hydrogen-bond acceptors (Lipinski definition) is 5. The van der Waals surface area contributed by atoms with Crippen LogP contribution in [0, 0.1) is 13.8 Å². The van der Waals surface area contributed by atoms with E-state index in [4.69, 9.17) is 4.42 Å². The molecule has 0 unspecified atom stereocenters. The largest absolute Gasteiger partial charge is 0.467 e. The molecule has 1 fully saturated rings. The van der Waals surface area contributed by atoms with Crippen LogP contribution < -0.4 is 0 Å². The number of carbonyl (C=O) groups is 1. The Labute approximate surface area is 204 Å². The van der Waals surface area contributed by atoms with Crippen LogP contribution in [0.2, 0.25) is 0 Å². The van der Waals surface area contributed by atoms with Gasteiger partial charge in [-0.2, -0.15) is 0 Å². The van der Waals surface area contributed by atoms with Crippen LogP contribution in [-0.2, 0) is 17.9 Å². The summed E-state index contributed by atoms with van der Waals surface area (Å²) in [4.78, 5) is 15.3. The Morgan fingerprint density at radius 2 is 1.85 bits per heavy atom.